The molecule has 0 heterocycles. The highest BCUT2D eigenvalue weighted by Gasteiger charge is 2.30. The molecule has 4 aromatic rings. The molecule has 0 aliphatic carbocycles. The van der Waals surface area contributed by atoms with E-state index < -0.39 is 47.6 Å². The van der Waals surface area contributed by atoms with Gasteiger partial charge in [-0.3, -0.25) is 0 Å². The minimum Gasteiger partial charge on any atom is -0.478 e. The summed E-state index contributed by atoms with van der Waals surface area (Å²) in [4.78, 5) is 0. The number of alkyl halides is 3. The van der Waals surface area contributed by atoms with Crippen LogP contribution in [-0.2, 0) is 32.1 Å². The first kappa shape index (κ1) is 32.3. The lowest BCUT2D eigenvalue weighted by Gasteiger charge is -2.12. The standard InChI is InChI=1S/C34H32F8O/c1-2-3-4-5-6-22-16-28(35)27(29(36)17-22)14-9-21-8-13-26-25(15-21)12-11-24(32(26)39)10-7-23-18-30(37)33(31(38)19-23)43-20-34(40,41)42/h8,11-13,15-19H,2-7,9-10,14,20H2,1H3. The van der Waals surface area contributed by atoms with E-state index in [1.807, 2.05) is 0 Å². The molecule has 1 nitrogen and oxygen atoms in total. The predicted octanol–water partition coefficient (Wildman–Crippen LogP) is 10.2. The normalized spacial score (nSPS) is 11.8. The number of rotatable bonds is 13. The summed E-state index contributed by atoms with van der Waals surface area (Å²) < 4.78 is 114. The molecule has 0 atom stereocenters. The van der Waals surface area contributed by atoms with E-state index in [1.54, 1.807) is 30.3 Å². The van der Waals surface area contributed by atoms with Gasteiger partial charge in [0.25, 0.3) is 0 Å². The van der Waals surface area contributed by atoms with Crippen LogP contribution in [0.1, 0.15) is 60.4 Å². The molecule has 43 heavy (non-hydrogen) atoms. The Morgan fingerprint density at radius 2 is 1.23 bits per heavy atom. The van der Waals surface area contributed by atoms with Crippen molar-refractivity contribution in [2.45, 2.75) is 70.9 Å². The Labute approximate surface area is 245 Å². The number of fused-ring (bicyclic) bond motifs is 1. The summed E-state index contributed by atoms with van der Waals surface area (Å²) in [5.41, 5.74) is 1.87. The van der Waals surface area contributed by atoms with Crippen LogP contribution in [0, 0.1) is 29.1 Å². The van der Waals surface area contributed by atoms with Gasteiger partial charge in [0.2, 0.25) is 0 Å². The number of halogens is 8. The second-order valence-electron chi connectivity index (χ2n) is 10.7. The van der Waals surface area contributed by atoms with E-state index in [4.69, 9.17) is 0 Å². The fourth-order valence-electron chi connectivity index (χ4n) is 5.13. The van der Waals surface area contributed by atoms with Crippen molar-refractivity contribution in [3.8, 4) is 5.75 Å². The topological polar surface area (TPSA) is 9.23 Å². The second kappa shape index (κ2) is 14.2. The maximum absolute atomic E-state index is 15.3. The van der Waals surface area contributed by atoms with Crippen LogP contribution in [-0.4, -0.2) is 12.8 Å². The SMILES string of the molecule is CCCCCCc1cc(F)c(CCc2ccc3c(F)c(CCc4cc(F)c(OCC(F)(F)F)c(F)c4)ccc3c2)c(F)c1. The monoisotopic (exact) mass is 608 g/mol. The van der Waals surface area contributed by atoms with Gasteiger partial charge in [0.05, 0.1) is 0 Å². The Kier molecular flexibility index (Phi) is 10.7. The number of ether oxygens (including phenoxy) is 1. The predicted molar refractivity (Wildman–Crippen MR) is 151 cm³/mol. The van der Waals surface area contributed by atoms with Crippen LogP contribution >= 0.6 is 0 Å². The van der Waals surface area contributed by atoms with Crippen molar-refractivity contribution < 1.29 is 39.9 Å². The highest BCUT2D eigenvalue weighted by Crippen LogP contribution is 2.28. The Hall–Kier alpha value is -3.62. The zero-order valence-electron chi connectivity index (χ0n) is 23.7. The molecule has 0 fully saturated rings. The van der Waals surface area contributed by atoms with E-state index in [1.165, 1.54) is 12.1 Å². The molecule has 4 rings (SSSR count). The second-order valence-corrected chi connectivity index (χ2v) is 10.7. The third-order valence-electron chi connectivity index (χ3n) is 7.40. The van der Waals surface area contributed by atoms with Crippen molar-refractivity contribution in [3.05, 3.63) is 112 Å². The molecule has 0 N–H and O–H groups in total. The van der Waals surface area contributed by atoms with Crippen LogP contribution in [0.15, 0.2) is 54.6 Å². The minimum absolute atomic E-state index is 0.0201. The van der Waals surface area contributed by atoms with E-state index in [0.717, 1.165) is 43.4 Å². The first-order valence-electron chi connectivity index (χ1n) is 14.3. The zero-order valence-corrected chi connectivity index (χ0v) is 23.7. The largest absolute Gasteiger partial charge is 0.478 e. The van der Waals surface area contributed by atoms with Crippen LogP contribution in [0.25, 0.3) is 10.8 Å². The lowest BCUT2D eigenvalue weighted by Crippen LogP contribution is -2.20. The van der Waals surface area contributed by atoms with Crippen molar-refractivity contribution in [2.75, 3.05) is 6.61 Å². The van der Waals surface area contributed by atoms with Gasteiger partial charge in [-0.2, -0.15) is 13.2 Å². The fraction of sp³-hybridized carbons (Fsp3) is 0.353. The third kappa shape index (κ3) is 8.71. The first-order valence-corrected chi connectivity index (χ1v) is 14.3. The summed E-state index contributed by atoms with van der Waals surface area (Å²) in [7, 11) is 0. The Morgan fingerprint density at radius 1 is 0.605 bits per heavy atom. The molecule has 0 saturated heterocycles. The summed E-state index contributed by atoms with van der Waals surface area (Å²) in [6.07, 6.45) is 0.570. The molecule has 0 bridgehead atoms. The van der Waals surface area contributed by atoms with Gasteiger partial charge in [-0.25, -0.2) is 22.0 Å². The van der Waals surface area contributed by atoms with Crippen molar-refractivity contribution in [3.63, 3.8) is 0 Å². The number of benzene rings is 4. The van der Waals surface area contributed by atoms with Gasteiger partial charge < -0.3 is 4.74 Å². The minimum atomic E-state index is -4.75. The third-order valence-corrected chi connectivity index (χ3v) is 7.40. The molecule has 9 heteroatoms. The Morgan fingerprint density at radius 3 is 1.88 bits per heavy atom. The Balaban J connectivity index is 1.40. The van der Waals surface area contributed by atoms with Gasteiger partial charge in [-0.15, -0.1) is 0 Å². The molecule has 0 aromatic heterocycles. The Bertz CT molecular complexity index is 1510. The van der Waals surface area contributed by atoms with Crippen molar-refractivity contribution in [1.82, 2.24) is 0 Å². The summed E-state index contributed by atoms with van der Waals surface area (Å²) in [6, 6.07) is 12.8. The van der Waals surface area contributed by atoms with E-state index in [0.29, 0.717) is 29.2 Å². The molecule has 0 aliphatic heterocycles. The van der Waals surface area contributed by atoms with Crippen LogP contribution < -0.4 is 4.74 Å². The molecular formula is C34H32F8O. The molecule has 0 spiro atoms. The number of unbranched alkanes of at least 4 members (excludes halogenated alkanes) is 3. The smallest absolute Gasteiger partial charge is 0.422 e. The van der Waals surface area contributed by atoms with Gasteiger partial charge in [0.15, 0.2) is 24.0 Å². The molecule has 0 aliphatic rings. The lowest BCUT2D eigenvalue weighted by atomic mass is 9.96. The van der Waals surface area contributed by atoms with Gasteiger partial charge in [-0.05, 0) is 90.4 Å². The molecule has 4 aromatic carbocycles. The van der Waals surface area contributed by atoms with E-state index in [9.17, 15) is 30.7 Å². The van der Waals surface area contributed by atoms with Crippen molar-refractivity contribution in [2.24, 2.45) is 0 Å². The van der Waals surface area contributed by atoms with E-state index in [2.05, 4.69) is 11.7 Å². The van der Waals surface area contributed by atoms with Crippen LogP contribution in [0.2, 0.25) is 0 Å². The van der Waals surface area contributed by atoms with E-state index in [-0.39, 0.29) is 36.0 Å². The summed E-state index contributed by atoms with van der Waals surface area (Å²) >= 11 is 0. The van der Waals surface area contributed by atoms with Gasteiger partial charge in [0.1, 0.15) is 17.5 Å². The maximum Gasteiger partial charge on any atom is 0.422 e. The summed E-state index contributed by atoms with van der Waals surface area (Å²) in [5.74, 6) is -5.31. The molecule has 0 radical (unpaired) electrons. The van der Waals surface area contributed by atoms with Gasteiger partial charge in [0, 0.05) is 10.9 Å². The average Bonchev–Trinajstić information content (AvgIpc) is 2.93. The van der Waals surface area contributed by atoms with Crippen LogP contribution in [0.3, 0.4) is 0 Å². The zero-order chi connectivity index (χ0) is 31.1. The lowest BCUT2D eigenvalue weighted by molar-refractivity contribution is -0.154. The number of aryl methyl sites for hydroxylation is 4. The average molecular weight is 609 g/mol. The first-order chi connectivity index (χ1) is 20.4. The highest BCUT2D eigenvalue weighted by molar-refractivity contribution is 5.84. The van der Waals surface area contributed by atoms with Gasteiger partial charge in [-0.1, -0.05) is 56.5 Å². The molecule has 0 unspecified atom stereocenters. The van der Waals surface area contributed by atoms with Crippen LogP contribution in [0.4, 0.5) is 35.1 Å². The highest BCUT2D eigenvalue weighted by atomic mass is 19.4. The fourth-order valence-corrected chi connectivity index (χ4v) is 5.13. The maximum atomic E-state index is 15.3. The van der Waals surface area contributed by atoms with Gasteiger partial charge >= 0.3 is 6.18 Å². The summed E-state index contributed by atoms with van der Waals surface area (Å²) in [6.45, 7) is 0.272. The van der Waals surface area contributed by atoms with E-state index >= 15 is 4.39 Å². The molecular weight excluding hydrogens is 576 g/mol. The number of hydrogen-bond donors (Lipinski definition) is 0. The number of hydrogen-bond acceptors (Lipinski definition) is 1. The quantitative estimate of drug-likeness (QED) is 0.108. The van der Waals surface area contributed by atoms with Crippen molar-refractivity contribution in [1.29, 1.82) is 0 Å². The van der Waals surface area contributed by atoms with Crippen LogP contribution in [0.5, 0.6) is 5.75 Å². The molecule has 0 saturated carbocycles. The molecule has 0 amide bonds. The van der Waals surface area contributed by atoms with Crippen molar-refractivity contribution >= 4 is 10.8 Å². The summed E-state index contributed by atoms with van der Waals surface area (Å²) in [5, 5.41) is 0.907. The molecule has 230 valence electrons.